The van der Waals surface area contributed by atoms with Gasteiger partial charge in [-0.3, -0.25) is 10.1 Å². The van der Waals surface area contributed by atoms with E-state index in [1.807, 2.05) is 13.8 Å². The van der Waals surface area contributed by atoms with Gasteiger partial charge >= 0.3 is 0 Å². The SMILES string of the molecule is CC1(C)NCN(C23CC4CC(CC(C4)C2)C3)C1=O. The zero-order valence-corrected chi connectivity index (χ0v) is 11.5. The first-order valence-corrected chi connectivity index (χ1v) is 7.56. The fraction of sp³-hybridized carbons (Fsp3) is 0.933. The quantitative estimate of drug-likeness (QED) is 0.771. The van der Waals surface area contributed by atoms with Gasteiger partial charge in [0.1, 0.15) is 0 Å². The summed E-state index contributed by atoms with van der Waals surface area (Å²) in [5, 5.41) is 3.40. The van der Waals surface area contributed by atoms with E-state index in [-0.39, 0.29) is 11.1 Å². The predicted octanol–water partition coefficient (Wildman–Crippen LogP) is 2.12. The van der Waals surface area contributed by atoms with E-state index in [0.29, 0.717) is 5.91 Å². The van der Waals surface area contributed by atoms with Gasteiger partial charge in [-0.2, -0.15) is 0 Å². The molecule has 3 heteroatoms. The summed E-state index contributed by atoms with van der Waals surface area (Å²) in [5.41, 5.74) is -0.115. The average Bonchev–Trinajstić information content (AvgIpc) is 2.52. The normalized spacial score (nSPS) is 49.1. The van der Waals surface area contributed by atoms with Gasteiger partial charge < -0.3 is 4.90 Å². The molecule has 1 saturated heterocycles. The molecule has 0 spiro atoms. The lowest BCUT2D eigenvalue weighted by molar-refractivity contribution is -0.148. The summed E-state index contributed by atoms with van der Waals surface area (Å²) in [6.45, 7) is 4.82. The van der Waals surface area contributed by atoms with E-state index in [2.05, 4.69) is 10.2 Å². The Balaban J connectivity index is 1.67. The zero-order valence-electron chi connectivity index (χ0n) is 11.5. The van der Waals surface area contributed by atoms with E-state index in [1.54, 1.807) is 0 Å². The minimum absolute atomic E-state index is 0.229. The van der Waals surface area contributed by atoms with Crippen molar-refractivity contribution in [2.45, 2.75) is 63.5 Å². The summed E-state index contributed by atoms with van der Waals surface area (Å²) < 4.78 is 0. The molecule has 4 aliphatic carbocycles. The van der Waals surface area contributed by atoms with Crippen molar-refractivity contribution in [3.8, 4) is 0 Å². The van der Waals surface area contributed by atoms with Gasteiger partial charge in [-0.25, -0.2) is 0 Å². The number of nitrogens with one attached hydrogen (secondary N) is 1. The number of hydrogen-bond acceptors (Lipinski definition) is 2. The van der Waals surface area contributed by atoms with Crippen molar-refractivity contribution in [1.29, 1.82) is 0 Å². The highest BCUT2D eigenvalue weighted by molar-refractivity contribution is 5.88. The number of amides is 1. The molecule has 3 nitrogen and oxygen atoms in total. The van der Waals surface area contributed by atoms with Gasteiger partial charge in [0.05, 0.1) is 12.2 Å². The predicted molar refractivity (Wildman–Crippen MR) is 69.8 cm³/mol. The third-order valence-corrected chi connectivity index (χ3v) is 6.04. The molecule has 0 unspecified atom stereocenters. The molecule has 1 aliphatic heterocycles. The maximum absolute atomic E-state index is 12.6. The summed E-state index contributed by atoms with van der Waals surface area (Å²) in [6, 6.07) is 0. The second-order valence-electron chi connectivity index (χ2n) is 7.83. The van der Waals surface area contributed by atoms with E-state index in [9.17, 15) is 4.79 Å². The Bertz CT molecular complexity index is 366. The Labute approximate surface area is 109 Å². The van der Waals surface area contributed by atoms with Crippen LogP contribution in [0.5, 0.6) is 0 Å². The van der Waals surface area contributed by atoms with Gasteiger partial charge in [-0.15, -0.1) is 0 Å². The van der Waals surface area contributed by atoms with Crippen LogP contribution in [0.1, 0.15) is 52.4 Å². The van der Waals surface area contributed by atoms with Crippen molar-refractivity contribution in [2.24, 2.45) is 17.8 Å². The maximum Gasteiger partial charge on any atom is 0.243 e. The molecular formula is C15H24N2O. The summed E-state index contributed by atoms with van der Waals surface area (Å²) >= 11 is 0. The molecule has 100 valence electrons. The van der Waals surface area contributed by atoms with E-state index < -0.39 is 0 Å². The van der Waals surface area contributed by atoms with Crippen LogP contribution in [-0.4, -0.2) is 28.6 Å². The molecule has 0 radical (unpaired) electrons. The fourth-order valence-corrected chi connectivity index (χ4v) is 5.54. The van der Waals surface area contributed by atoms with Gasteiger partial charge in [0.25, 0.3) is 0 Å². The van der Waals surface area contributed by atoms with Crippen molar-refractivity contribution in [3.05, 3.63) is 0 Å². The van der Waals surface area contributed by atoms with E-state index in [4.69, 9.17) is 0 Å². The van der Waals surface area contributed by atoms with Gasteiger partial charge in [0.2, 0.25) is 5.91 Å². The fourth-order valence-electron chi connectivity index (χ4n) is 5.54. The van der Waals surface area contributed by atoms with Gasteiger partial charge in [0.15, 0.2) is 0 Å². The van der Waals surface area contributed by atoms with E-state index in [0.717, 1.165) is 24.4 Å². The van der Waals surface area contributed by atoms with Crippen LogP contribution in [0.4, 0.5) is 0 Å². The number of carbonyl (C=O) groups is 1. The lowest BCUT2D eigenvalue weighted by atomic mass is 9.52. The highest BCUT2D eigenvalue weighted by Gasteiger charge is 2.57. The standard InChI is InChI=1S/C15H24N2O/c1-14(2)13(18)17(9-16-14)15-6-10-3-11(7-15)5-12(4-10)8-15/h10-12,16H,3-9H2,1-2H3. The molecule has 4 saturated carbocycles. The Morgan fingerprint density at radius 1 is 1.06 bits per heavy atom. The number of carbonyl (C=O) groups excluding carboxylic acids is 1. The minimum Gasteiger partial charge on any atom is -0.323 e. The molecule has 4 bridgehead atoms. The Morgan fingerprint density at radius 3 is 1.94 bits per heavy atom. The lowest BCUT2D eigenvalue weighted by Gasteiger charge is -2.59. The third-order valence-electron chi connectivity index (χ3n) is 6.04. The number of hydrogen-bond donors (Lipinski definition) is 1. The first-order valence-electron chi connectivity index (χ1n) is 7.56. The van der Waals surface area contributed by atoms with Crippen LogP contribution in [-0.2, 0) is 4.79 Å². The lowest BCUT2D eigenvalue weighted by Crippen LogP contribution is -2.61. The third kappa shape index (κ3) is 1.37. The van der Waals surface area contributed by atoms with Gasteiger partial charge in [-0.1, -0.05) is 0 Å². The largest absolute Gasteiger partial charge is 0.323 e. The first-order chi connectivity index (χ1) is 8.48. The molecule has 0 atom stereocenters. The Kier molecular flexibility index (Phi) is 2.07. The molecule has 5 fully saturated rings. The average molecular weight is 248 g/mol. The second-order valence-corrected chi connectivity index (χ2v) is 7.83. The molecule has 1 amide bonds. The van der Waals surface area contributed by atoms with Crippen LogP contribution in [0.2, 0.25) is 0 Å². The molecule has 1 N–H and O–H groups in total. The van der Waals surface area contributed by atoms with E-state index in [1.165, 1.54) is 38.5 Å². The summed E-state index contributed by atoms with van der Waals surface area (Å²) in [5.74, 6) is 3.07. The van der Waals surface area contributed by atoms with Crippen molar-refractivity contribution >= 4 is 5.91 Å². The Hall–Kier alpha value is -0.570. The number of rotatable bonds is 1. The molecule has 0 aromatic carbocycles. The topological polar surface area (TPSA) is 32.3 Å². The summed E-state index contributed by atoms with van der Waals surface area (Å²) in [7, 11) is 0. The highest BCUT2D eigenvalue weighted by atomic mass is 16.2. The second kappa shape index (κ2) is 3.30. The molecule has 18 heavy (non-hydrogen) atoms. The molecule has 0 aromatic rings. The van der Waals surface area contributed by atoms with Crippen LogP contribution < -0.4 is 5.32 Å². The van der Waals surface area contributed by atoms with Crippen molar-refractivity contribution in [1.82, 2.24) is 10.2 Å². The smallest absolute Gasteiger partial charge is 0.243 e. The number of nitrogens with zero attached hydrogens (tertiary/aromatic N) is 1. The summed E-state index contributed by atoms with van der Waals surface area (Å²) in [6.07, 6.45) is 8.17. The van der Waals surface area contributed by atoms with Gasteiger partial charge in [-0.05, 0) is 70.1 Å². The molecule has 1 heterocycles. The molecule has 5 rings (SSSR count). The summed E-state index contributed by atoms with van der Waals surface area (Å²) in [4.78, 5) is 14.8. The van der Waals surface area contributed by atoms with Crippen molar-refractivity contribution in [3.63, 3.8) is 0 Å². The minimum atomic E-state index is -0.344. The van der Waals surface area contributed by atoms with E-state index >= 15 is 0 Å². The first kappa shape index (κ1) is 11.3. The van der Waals surface area contributed by atoms with Crippen LogP contribution >= 0.6 is 0 Å². The van der Waals surface area contributed by atoms with Crippen molar-refractivity contribution < 1.29 is 4.79 Å². The van der Waals surface area contributed by atoms with Crippen LogP contribution in [0, 0.1) is 17.8 Å². The molecule has 0 aromatic heterocycles. The molecular weight excluding hydrogens is 224 g/mol. The van der Waals surface area contributed by atoms with Crippen LogP contribution in [0.3, 0.4) is 0 Å². The van der Waals surface area contributed by atoms with Crippen molar-refractivity contribution in [2.75, 3.05) is 6.67 Å². The monoisotopic (exact) mass is 248 g/mol. The highest BCUT2D eigenvalue weighted by Crippen LogP contribution is 2.58. The van der Waals surface area contributed by atoms with Gasteiger partial charge in [0, 0.05) is 5.54 Å². The maximum atomic E-state index is 12.6. The van der Waals surface area contributed by atoms with Crippen LogP contribution in [0.15, 0.2) is 0 Å². The van der Waals surface area contributed by atoms with Crippen LogP contribution in [0.25, 0.3) is 0 Å². The Morgan fingerprint density at radius 2 is 1.56 bits per heavy atom. The molecule has 5 aliphatic rings. The zero-order chi connectivity index (χ0) is 12.5.